The molecule has 29 heavy (non-hydrogen) atoms. The lowest BCUT2D eigenvalue weighted by atomic mass is 9.81. The summed E-state index contributed by atoms with van der Waals surface area (Å²) in [7, 11) is -3.32. The van der Waals surface area contributed by atoms with Crippen molar-refractivity contribution in [1.29, 1.82) is 0 Å². The van der Waals surface area contributed by atoms with E-state index in [1.165, 1.54) is 0 Å². The van der Waals surface area contributed by atoms with Crippen molar-refractivity contribution in [3.8, 4) is 0 Å². The molecule has 0 atom stereocenters. The Morgan fingerprint density at radius 2 is 1.62 bits per heavy atom. The molecule has 3 aromatic rings. The Bertz CT molecular complexity index is 1150. The number of sulfonamides is 1. The highest BCUT2D eigenvalue weighted by Crippen LogP contribution is 2.33. The highest BCUT2D eigenvalue weighted by Gasteiger charge is 2.27. The molecule has 2 aromatic carbocycles. The Hall–Kier alpha value is -2.57. The molecule has 0 spiro atoms. The number of anilines is 1. The third kappa shape index (κ3) is 4.71. The molecule has 152 valence electrons. The number of aromatic amines is 1. The summed E-state index contributed by atoms with van der Waals surface area (Å²) in [5, 5.41) is 0.584. The highest BCUT2D eigenvalue weighted by atomic mass is 35.5. The van der Waals surface area contributed by atoms with Crippen LogP contribution in [0.5, 0.6) is 0 Å². The van der Waals surface area contributed by atoms with Gasteiger partial charge in [0.15, 0.2) is 0 Å². The summed E-state index contributed by atoms with van der Waals surface area (Å²) in [6.07, 6.45) is 1.12. The highest BCUT2D eigenvalue weighted by molar-refractivity contribution is 7.92. The number of aromatic nitrogens is 1. The molecule has 0 radical (unpaired) electrons. The molecule has 0 unspecified atom stereocenters. The molecular weight excluding hydrogens is 408 g/mol. The second-order valence-corrected chi connectivity index (χ2v) is 9.84. The number of hydrogen-bond acceptors (Lipinski definition) is 3. The average molecular weight is 431 g/mol. The van der Waals surface area contributed by atoms with Crippen LogP contribution in [-0.4, -0.2) is 25.4 Å². The van der Waals surface area contributed by atoms with E-state index in [1.807, 2.05) is 39.0 Å². The van der Waals surface area contributed by atoms with Gasteiger partial charge in [-0.25, -0.2) is 8.42 Å². The first kappa shape index (κ1) is 21.1. The summed E-state index contributed by atoms with van der Waals surface area (Å²) >= 11 is 5.91. The predicted molar refractivity (Wildman–Crippen MR) is 117 cm³/mol. The van der Waals surface area contributed by atoms with Gasteiger partial charge >= 0.3 is 0 Å². The third-order valence-corrected chi connectivity index (χ3v) is 5.79. The zero-order valence-electron chi connectivity index (χ0n) is 16.7. The van der Waals surface area contributed by atoms with Crippen molar-refractivity contribution >= 4 is 33.1 Å². The fourth-order valence-corrected chi connectivity index (χ4v) is 3.89. The zero-order valence-corrected chi connectivity index (χ0v) is 18.3. The van der Waals surface area contributed by atoms with Crippen molar-refractivity contribution in [2.45, 2.75) is 26.2 Å². The second kappa shape index (κ2) is 7.69. The predicted octanol–water partition coefficient (Wildman–Crippen LogP) is 4.90. The Balaban J connectivity index is 1.91. The number of carbonyl (C=O) groups excluding carboxylic acids is 1. The Kier molecular flexibility index (Phi) is 5.61. The van der Waals surface area contributed by atoms with E-state index >= 15 is 0 Å². The largest absolute Gasteiger partial charge is 0.355 e. The van der Waals surface area contributed by atoms with Crippen LogP contribution >= 0.6 is 11.6 Å². The molecule has 0 aliphatic heterocycles. The van der Waals surface area contributed by atoms with Crippen LogP contribution in [0.3, 0.4) is 0 Å². The van der Waals surface area contributed by atoms with E-state index in [2.05, 4.69) is 9.71 Å². The second-order valence-electron chi connectivity index (χ2n) is 7.65. The molecule has 0 aliphatic carbocycles. The quantitative estimate of drug-likeness (QED) is 0.545. The molecule has 3 rings (SSSR count). The molecule has 0 fully saturated rings. The Morgan fingerprint density at radius 3 is 2.17 bits per heavy atom. The molecule has 2 N–H and O–H groups in total. The van der Waals surface area contributed by atoms with Gasteiger partial charge in [0.05, 0.1) is 11.9 Å². The van der Waals surface area contributed by atoms with Crippen molar-refractivity contribution in [2.24, 2.45) is 0 Å². The average Bonchev–Trinajstić information content (AvgIpc) is 3.03. The van der Waals surface area contributed by atoms with Gasteiger partial charge in [0.25, 0.3) is 0 Å². The monoisotopic (exact) mass is 430 g/mol. The van der Waals surface area contributed by atoms with Crippen LogP contribution in [0.2, 0.25) is 5.02 Å². The number of carbonyl (C=O) groups is 1. The maximum atomic E-state index is 12.9. The molecule has 7 heteroatoms. The summed E-state index contributed by atoms with van der Waals surface area (Å²) < 4.78 is 25.2. The smallest absolute Gasteiger partial charge is 0.229 e. The van der Waals surface area contributed by atoms with Gasteiger partial charge in [-0.15, -0.1) is 0 Å². The van der Waals surface area contributed by atoms with Gasteiger partial charge in [-0.3, -0.25) is 9.52 Å². The number of benzene rings is 2. The minimum atomic E-state index is -3.32. The number of H-pyrrole nitrogens is 1. The zero-order chi connectivity index (χ0) is 21.4. The van der Waals surface area contributed by atoms with E-state index in [0.29, 0.717) is 22.0 Å². The number of hydrogen-bond donors (Lipinski definition) is 2. The summed E-state index contributed by atoms with van der Waals surface area (Å²) in [5.41, 5.74) is 3.97. The Labute approximate surface area is 176 Å². The van der Waals surface area contributed by atoms with Crippen molar-refractivity contribution in [2.75, 3.05) is 11.0 Å². The summed E-state index contributed by atoms with van der Waals surface area (Å²) in [6.45, 7) is 6.00. The van der Waals surface area contributed by atoms with Crippen molar-refractivity contribution in [1.82, 2.24) is 4.98 Å². The minimum Gasteiger partial charge on any atom is -0.355 e. The van der Waals surface area contributed by atoms with E-state index in [4.69, 9.17) is 11.6 Å². The van der Waals surface area contributed by atoms with Gasteiger partial charge in [0.2, 0.25) is 15.8 Å². The summed E-state index contributed by atoms with van der Waals surface area (Å²) in [4.78, 5) is 16.2. The molecule has 0 aliphatic rings. The van der Waals surface area contributed by atoms with Gasteiger partial charge in [-0.05, 0) is 60.5 Å². The molecule has 1 heterocycles. The number of ketones is 1. The van der Waals surface area contributed by atoms with Crippen molar-refractivity contribution < 1.29 is 13.2 Å². The number of aryl methyl sites for hydroxylation is 1. The van der Waals surface area contributed by atoms with Gasteiger partial charge in [0, 0.05) is 27.4 Å². The number of nitrogens with one attached hydrogen (secondary N) is 2. The summed E-state index contributed by atoms with van der Waals surface area (Å²) in [6, 6.07) is 16.0. The number of rotatable bonds is 6. The lowest BCUT2D eigenvalue weighted by Crippen LogP contribution is -2.20. The first-order valence-electron chi connectivity index (χ1n) is 9.06. The van der Waals surface area contributed by atoms with E-state index in [-0.39, 0.29) is 5.78 Å². The van der Waals surface area contributed by atoms with E-state index in [0.717, 1.165) is 23.1 Å². The standard InChI is InChI=1S/C22H23ClN2O3S/c1-14-13-19(24-20(14)21(26)15-5-9-17(23)10-6-15)22(2,3)16-7-11-18(12-8-16)25-29(4,27)28/h5-13,24-25H,1-4H3. The van der Waals surface area contributed by atoms with E-state index in [9.17, 15) is 13.2 Å². The third-order valence-electron chi connectivity index (χ3n) is 4.93. The SMILES string of the molecule is Cc1cc(C(C)(C)c2ccc(NS(C)(=O)=O)cc2)[nH]c1C(=O)c1ccc(Cl)cc1. The van der Waals surface area contributed by atoms with Crippen LogP contribution in [0.15, 0.2) is 54.6 Å². The van der Waals surface area contributed by atoms with E-state index < -0.39 is 15.4 Å². The first-order chi connectivity index (χ1) is 13.5. The normalized spacial score (nSPS) is 12.0. The van der Waals surface area contributed by atoms with Crippen molar-refractivity contribution in [3.05, 3.63) is 87.7 Å². The first-order valence-corrected chi connectivity index (χ1v) is 11.3. The Morgan fingerprint density at radius 1 is 1.03 bits per heavy atom. The summed E-state index contributed by atoms with van der Waals surface area (Å²) in [5.74, 6) is -0.0890. The van der Waals surface area contributed by atoms with Gasteiger partial charge in [-0.1, -0.05) is 37.6 Å². The maximum Gasteiger partial charge on any atom is 0.229 e. The lowest BCUT2D eigenvalue weighted by Gasteiger charge is -2.24. The molecule has 1 aromatic heterocycles. The van der Waals surface area contributed by atoms with Gasteiger partial charge < -0.3 is 4.98 Å². The number of halogens is 1. The molecular formula is C22H23ClN2O3S. The van der Waals surface area contributed by atoms with Crippen LogP contribution in [0.25, 0.3) is 0 Å². The van der Waals surface area contributed by atoms with Crippen molar-refractivity contribution in [3.63, 3.8) is 0 Å². The molecule has 0 saturated carbocycles. The van der Waals surface area contributed by atoms with Crippen LogP contribution < -0.4 is 4.72 Å². The van der Waals surface area contributed by atoms with E-state index in [1.54, 1.807) is 36.4 Å². The van der Waals surface area contributed by atoms with Gasteiger partial charge in [0.1, 0.15) is 0 Å². The lowest BCUT2D eigenvalue weighted by molar-refractivity contribution is 0.103. The van der Waals surface area contributed by atoms with Crippen LogP contribution in [0.1, 0.15) is 46.7 Å². The van der Waals surface area contributed by atoms with Crippen LogP contribution in [0, 0.1) is 6.92 Å². The molecule has 5 nitrogen and oxygen atoms in total. The van der Waals surface area contributed by atoms with Crippen LogP contribution in [-0.2, 0) is 15.4 Å². The van der Waals surface area contributed by atoms with Gasteiger partial charge in [-0.2, -0.15) is 0 Å². The molecule has 0 amide bonds. The van der Waals surface area contributed by atoms with Crippen LogP contribution in [0.4, 0.5) is 5.69 Å². The fourth-order valence-electron chi connectivity index (χ4n) is 3.20. The molecule has 0 bridgehead atoms. The maximum absolute atomic E-state index is 12.9. The minimum absolute atomic E-state index is 0.0890. The topological polar surface area (TPSA) is 79.0 Å². The fraction of sp³-hybridized carbons (Fsp3) is 0.227. The molecule has 0 saturated heterocycles.